The molecule has 0 saturated heterocycles. The van der Waals surface area contributed by atoms with E-state index in [0.717, 1.165) is 0 Å². The smallest absolute Gasteiger partial charge is 0.407 e. The van der Waals surface area contributed by atoms with Crippen molar-refractivity contribution in [3.05, 3.63) is 0 Å². The number of aliphatic hydroxyl groups is 1. The second-order valence-electron chi connectivity index (χ2n) is 6.03. The second kappa shape index (κ2) is 10.4. The number of alkyl carbamates (subject to hydrolysis) is 1. The van der Waals surface area contributed by atoms with E-state index in [1.54, 1.807) is 6.92 Å². The zero-order valence-electron chi connectivity index (χ0n) is 13.8. The lowest BCUT2D eigenvalue weighted by Gasteiger charge is -2.20. The Morgan fingerprint density at radius 3 is 2.29 bits per heavy atom. The fourth-order valence-electron chi connectivity index (χ4n) is 1.80. The van der Waals surface area contributed by atoms with Gasteiger partial charge in [-0.3, -0.25) is 4.79 Å². The maximum absolute atomic E-state index is 12.1. The SMILES string of the molecule is CCC(O)COC(=O)NCC(CC(C)C)C(=O)NC(C)C. The molecule has 2 amide bonds. The Labute approximate surface area is 127 Å². The molecule has 0 aromatic heterocycles. The van der Waals surface area contributed by atoms with Crippen LogP contribution in [0.4, 0.5) is 4.79 Å². The summed E-state index contributed by atoms with van der Waals surface area (Å²) in [4.78, 5) is 23.6. The molecular weight excluding hydrogens is 272 g/mol. The third kappa shape index (κ3) is 10.1. The van der Waals surface area contributed by atoms with Crippen molar-refractivity contribution in [1.29, 1.82) is 0 Å². The Kier molecular flexibility index (Phi) is 9.78. The van der Waals surface area contributed by atoms with Crippen molar-refractivity contribution in [1.82, 2.24) is 10.6 Å². The van der Waals surface area contributed by atoms with Gasteiger partial charge in [0.25, 0.3) is 0 Å². The molecule has 2 atom stereocenters. The number of aliphatic hydroxyl groups excluding tert-OH is 1. The monoisotopic (exact) mass is 302 g/mol. The quantitative estimate of drug-likeness (QED) is 0.604. The van der Waals surface area contributed by atoms with Gasteiger partial charge in [-0.2, -0.15) is 0 Å². The number of rotatable bonds is 9. The third-order valence-electron chi connectivity index (χ3n) is 2.93. The molecule has 0 aliphatic carbocycles. The van der Waals surface area contributed by atoms with Crippen molar-refractivity contribution >= 4 is 12.0 Å². The highest BCUT2D eigenvalue weighted by Gasteiger charge is 2.21. The first kappa shape index (κ1) is 19.7. The van der Waals surface area contributed by atoms with Crippen LogP contribution in [-0.4, -0.2) is 42.4 Å². The van der Waals surface area contributed by atoms with Gasteiger partial charge in [-0.1, -0.05) is 20.8 Å². The minimum atomic E-state index is -0.647. The minimum Gasteiger partial charge on any atom is -0.447 e. The number of nitrogens with one attached hydrogen (secondary N) is 2. The molecule has 0 spiro atoms. The van der Waals surface area contributed by atoms with Crippen LogP contribution in [0.15, 0.2) is 0 Å². The van der Waals surface area contributed by atoms with E-state index in [2.05, 4.69) is 10.6 Å². The first-order valence-electron chi connectivity index (χ1n) is 7.65. The van der Waals surface area contributed by atoms with Crippen LogP contribution >= 0.6 is 0 Å². The lowest BCUT2D eigenvalue weighted by molar-refractivity contribution is -0.125. The summed E-state index contributed by atoms with van der Waals surface area (Å²) in [5.74, 6) is 0.0105. The average Bonchev–Trinajstić information content (AvgIpc) is 2.39. The largest absolute Gasteiger partial charge is 0.447 e. The van der Waals surface area contributed by atoms with E-state index in [9.17, 15) is 14.7 Å². The van der Waals surface area contributed by atoms with Gasteiger partial charge in [-0.15, -0.1) is 0 Å². The van der Waals surface area contributed by atoms with Crippen LogP contribution in [-0.2, 0) is 9.53 Å². The summed E-state index contributed by atoms with van der Waals surface area (Å²) in [6, 6.07) is 0.0683. The Morgan fingerprint density at radius 1 is 1.19 bits per heavy atom. The normalized spacial score (nSPS) is 13.9. The number of amides is 2. The van der Waals surface area contributed by atoms with E-state index in [1.807, 2.05) is 27.7 Å². The average molecular weight is 302 g/mol. The summed E-state index contributed by atoms with van der Waals surface area (Å²) in [6.07, 6.45) is -0.0312. The summed E-state index contributed by atoms with van der Waals surface area (Å²) in [5.41, 5.74) is 0. The predicted octanol–water partition coefficient (Wildman–Crippen LogP) is 1.67. The van der Waals surface area contributed by atoms with Gasteiger partial charge >= 0.3 is 6.09 Å². The van der Waals surface area contributed by atoms with Crippen LogP contribution in [0.5, 0.6) is 0 Å². The molecule has 0 aromatic carbocycles. The molecular formula is C15H30N2O4. The van der Waals surface area contributed by atoms with Gasteiger partial charge in [-0.05, 0) is 32.6 Å². The number of carbonyl (C=O) groups is 2. The minimum absolute atomic E-state index is 0.0324. The molecule has 0 aromatic rings. The van der Waals surface area contributed by atoms with Gasteiger partial charge in [0.1, 0.15) is 6.61 Å². The van der Waals surface area contributed by atoms with E-state index < -0.39 is 12.2 Å². The van der Waals surface area contributed by atoms with Gasteiger partial charge in [-0.25, -0.2) is 4.79 Å². The van der Waals surface area contributed by atoms with Crippen LogP contribution in [0.2, 0.25) is 0 Å². The van der Waals surface area contributed by atoms with Crippen LogP contribution in [0.25, 0.3) is 0 Å². The van der Waals surface area contributed by atoms with Gasteiger partial charge in [0.15, 0.2) is 0 Å². The molecule has 0 rings (SSSR count). The first-order chi connectivity index (χ1) is 9.76. The highest BCUT2D eigenvalue weighted by molar-refractivity contribution is 5.79. The van der Waals surface area contributed by atoms with E-state index in [-0.39, 0.29) is 31.0 Å². The van der Waals surface area contributed by atoms with Crippen molar-refractivity contribution in [3.8, 4) is 0 Å². The molecule has 3 N–H and O–H groups in total. The fourth-order valence-corrected chi connectivity index (χ4v) is 1.80. The maximum Gasteiger partial charge on any atom is 0.407 e. The molecule has 2 unspecified atom stereocenters. The number of carbonyl (C=O) groups excluding carboxylic acids is 2. The molecule has 6 heteroatoms. The van der Waals surface area contributed by atoms with Crippen LogP contribution in [0.1, 0.15) is 47.5 Å². The van der Waals surface area contributed by atoms with Crippen molar-refractivity contribution in [2.45, 2.75) is 59.6 Å². The lowest BCUT2D eigenvalue weighted by Crippen LogP contribution is -2.42. The lowest BCUT2D eigenvalue weighted by atomic mass is 9.96. The van der Waals surface area contributed by atoms with Crippen molar-refractivity contribution in [2.24, 2.45) is 11.8 Å². The van der Waals surface area contributed by atoms with Crippen molar-refractivity contribution in [3.63, 3.8) is 0 Å². The van der Waals surface area contributed by atoms with E-state index in [0.29, 0.717) is 18.8 Å². The summed E-state index contributed by atoms with van der Waals surface area (Å²) in [6.45, 7) is 9.88. The second-order valence-corrected chi connectivity index (χ2v) is 6.03. The van der Waals surface area contributed by atoms with E-state index in [1.165, 1.54) is 0 Å². The molecule has 0 saturated carbocycles. The molecule has 0 radical (unpaired) electrons. The maximum atomic E-state index is 12.1. The van der Waals surface area contributed by atoms with Crippen LogP contribution in [0.3, 0.4) is 0 Å². The summed E-state index contributed by atoms with van der Waals surface area (Å²) >= 11 is 0. The number of ether oxygens (including phenoxy) is 1. The zero-order valence-corrected chi connectivity index (χ0v) is 13.8. The molecule has 0 bridgehead atoms. The highest BCUT2D eigenvalue weighted by Crippen LogP contribution is 2.11. The summed E-state index contributed by atoms with van der Waals surface area (Å²) in [5, 5.41) is 14.8. The number of hydrogen-bond acceptors (Lipinski definition) is 4. The molecule has 21 heavy (non-hydrogen) atoms. The summed E-state index contributed by atoms with van der Waals surface area (Å²) in [7, 11) is 0. The molecule has 0 heterocycles. The Balaban J connectivity index is 4.28. The topological polar surface area (TPSA) is 87.7 Å². The van der Waals surface area contributed by atoms with Crippen LogP contribution < -0.4 is 10.6 Å². The van der Waals surface area contributed by atoms with Crippen LogP contribution in [0, 0.1) is 11.8 Å². The number of hydrogen-bond donors (Lipinski definition) is 3. The molecule has 0 aliphatic heterocycles. The molecule has 0 fully saturated rings. The summed E-state index contributed by atoms with van der Waals surface area (Å²) < 4.78 is 4.88. The zero-order chi connectivity index (χ0) is 16.4. The standard InChI is InChI=1S/C15H30N2O4/c1-6-13(18)9-21-15(20)16-8-12(7-10(2)3)14(19)17-11(4)5/h10-13,18H,6-9H2,1-5H3,(H,16,20)(H,17,19). The molecule has 124 valence electrons. The molecule has 0 aliphatic rings. The fraction of sp³-hybridized carbons (Fsp3) is 0.867. The van der Waals surface area contributed by atoms with Gasteiger partial charge in [0, 0.05) is 12.6 Å². The van der Waals surface area contributed by atoms with E-state index >= 15 is 0 Å². The van der Waals surface area contributed by atoms with Crippen molar-refractivity contribution < 1.29 is 19.4 Å². The van der Waals surface area contributed by atoms with Gasteiger partial charge in [0.2, 0.25) is 5.91 Å². The predicted molar refractivity (Wildman–Crippen MR) is 81.9 cm³/mol. The third-order valence-corrected chi connectivity index (χ3v) is 2.93. The van der Waals surface area contributed by atoms with Crippen molar-refractivity contribution in [2.75, 3.05) is 13.2 Å². The van der Waals surface area contributed by atoms with Gasteiger partial charge in [0.05, 0.1) is 12.0 Å². The Morgan fingerprint density at radius 2 is 1.81 bits per heavy atom. The Bertz CT molecular complexity index is 319. The van der Waals surface area contributed by atoms with E-state index in [4.69, 9.17) is 4.74 Å². The van der Waals surface area contributed by atoms with Gasteiger partial charge < -0.3 is 20.5 Å². The Hall–Kier alpha value is -1.30. The highest BCUT2D eigenvalue weighted by atomic mass is 16.6. The first-order valence-corrected chi connectivity index (χ1v) is 7.65. The molecule has 6 nitrogen and oxygen atoms in total.